The van der Waals surface area contributed by atoms with Gasteiger partial charge in [0.05, 0.1) is 5.69 Å². The monoisotopic (exact) mass is 407 g/mol. The van der Waals surface area contributed by atoms with Gasteiger partial charge in [0.1, 0.15) is 0 Å². The van der Waals surface area contributed by atoms with Gasteiger partial charge >= 0.3 is 0 Å². The van der Waals surface area contributed by atoms with Crippen LogP contribution in [0.2, 0.25) is 0 Å². The van der Waals surface area contributed by atoms with Crippen LogP contribution in [0.1, 0.15) is 45.1 Å². The normalized spacial score (nSPS) is 11.8. The van der Waals surface area contributed by atoms with Gasteiger partial charge in [0.25, 0.3) is 0 Å². The second kappa shape index (κ2) is 10.2. The van der Waals surface area contributed by atoms with E-state index in [1.54, 1.807) is 11.3 Å². The van der Waals surface area contributed by atoms with E-state index in [1.807, 2.05) is 41.8 Å². The first-order chi connectivity index (χ1) is 14.1. The van der Waals surface area contributed by atoms with Gasteiger partial charge in [-0.25, -0.2) is 4.98 Å². The van der Waals surface area contributed by atoms with Crippen LogP contribution in [-0.4, -0.2) is 10.9 Å². The minimum Gasteiger partial charge on any atom is -0.332 e. The van der Waals surface area contributed by atoms with Crippen LogP contribution in [0.4, 0.5) is 16.5 Å². The predicted octanol–water partition coefficient (Wildman–Crippen LogP) is 7.02. The zero-order chi connectivity index (χ0) is 20.6. The van der Waals surface area contributed by atoms with Crippen LogP contribution in [0.25, 0.3) is 11.3 Å². The number of unbranched alkanes of at least 4 members (excludes halogenated alkanes) is 1. The highest BCUT2D eigenvalue weighted by molar-refractivity contribution is 7.14. The molecule has 3 rings (SSSR count). The zero-order valence-corrected chi connectivity index (χ0v) is 18.2. The van der Waals surface area contributed by atoms with Crippen molar-refractivity contribution < 1.29 is 4.79 Å². The molecule has 152 valence electrons. The molecule has 0 bridgehead atoms. The first-order valence-corrected chi connectivity index (χ1v) is 11.2. The number of aromatic nitrogens is 1. The van der Waals surface area contributed by atoms with E-state index < -0.39 is 0 Å². The summed E-state index contributed by atoms with van der Waals surface area (Å²) < 4.78 is 0. The fourth-order valence-electron chi connectivity index (χ4n) is 3.25. The fourth-order valence-corrected chi connectivity index (χ4v) is 3.99. The van der Waals surface area contributed by atoms with Crippen molar-refractivity contribution in [1.82, 2.24) is 4.98 Å². The van der Waals surface area contributed by atoms with E-state index in [0.717, 1.165) is 53.4 Å². The number of thiazole rings is 1. The number of hydrogen-bond acceptors (Lipinski definition) is 4. The summed E-state index contributed by atoms with van der Waals surface area (Å²) >= 11 is 1.58. The van der Waals surface area contributed by atoms with E-state index in [2.05, 4.69) is 43.5 Å². The molecule has 0 unspecified atom stereocenters. The van der Waals surface area contributed by atoms with E-state index in [9.17, 15) is 4.79 Å². The molecular formula is C24H29N3OS. The summed E-state index contributed by atoms with van der Waals surface area (Å²) in [6.45, 7) is 6.31. The fraction of sp³-hybridized carbons (Fsp3) is 0.333. The van der Waals surface area contributed by atoms with Gasteiger partial charge < -0.3 is 10.6 Å². The lowest BCUT2D eigenvalue weighted by Gasteiger charge is -2.14. The average Bonchev–Trinajstić information content (AvgIpc) is 3.17. The number of anilines is 3. The third-order valence-corrected chi connectivity index (χ3v) is 5.75. The minimum atomic E-state index is 0.0865. The van der Waals surface area contributed by atoms with Gasteiger partial charge in [-0.15, -0.1) is 11.3 Å². The second-order valence-electron chi connectivity index (χ2n) is 7.35. The van der Waals surface area contributed by atoms with Crippen LogP contribution in [0, 0.1) is 12.8 Å². The van der Waals surface area contributed by atoms with Crippen molar-refractivity contribution in [3.05, 3.63) is 59.5 Å². The van der Waals surface area contributed by atoms with Crippen molar-refractivity contribution in [1.29, 1.82) is 0 Å². The number of rotatable bonds is 9. The second-order valence-corrected chi connectivity index (χ2v) is 8.20. The van der Waals surface area contributed by atoms with E-state index in [4.69, 9.17) is 4.98 Å². The number of hydrogen-bond donors (Lipinski definition) is 2. The molecule has 29 heavy (non-hydrogen) atoms. The summed E-state index contributed by atoms with van der Waals surface area (Å²) in [5.41, 5.74) is 5.05. The smallest absolute Gasteiger partial charge is 0.227 e. The summed E-state index contributed by atoms with van der Waals surface area (Å²) in [5, 5.41) is 9.32. The molecule has 0 saturated heterocycles. The van der Waals surface area contributed by atoms with E-state index in [-0.39, 0.29) is 11.8 Å². The number of benzene rings is 2. The summed E-state index contributed by atoms with van der Waals surface area (Å²) in [7, 11) is 0. The lowest BCUT2D eigenvalue weighted by Crippen LogP contribution is -2.22. The lowest BCUT2D eigenvalue weighted by molar-refractivity contribution is -0.120. The number of nitrogens with one attached hydrogen (secondary N) is 2. The zero-order valence-electron chi connectivity index (χ0n) is 17.4. The highest BCUT2D eigenvalue weighted by Gasteiger charge is 2.16. The van der Waals surface area contributed by atoms with Gasteiger partial charge in [0.2, 0.25) is 5.91 Å². The number of carbonyl (C=O) groups excluding carboxylic acids is 1. The molecule has 1 amide bonds. The van der Waals surface area contributed by atoms with Gasteiger partial charge in [-0.2, -0.15) is 0 Å². The average molecular weight is 408 g/mol. The van der Waals surface area contributed by atoms with Crippen LogP contribution in [-0.2, 0) is 4.79 Å². The number of nitrogens with zero attached hydrogens (tertiary/aromatic N) is 1. The van der Waals surface area contributed by atoms with Gasteiger partial charge in [-0.1, -0.05) is 51.0 Å². The Morgan fingerprint density at radius 2 is 1.90 bits per heavy atom. The molecule has 0 spiro atoms. The van der Waals surface area contributed by atoms with E-state index >= 15 is 0 Å². The highest BCUT2D eigenvalue weighted by atomic mass is 32.1. The Bertz CT molecular complexity index is 933. The largest absolute Gasteiger partial charge is 0.332 e. The number of amides is 1. The van der Waals surface area contributed by atoms with Crippen LogP contribution in [0.5, 0.6) is 0 Å². The SMILES string of the molecule is CCCC[C@H](CC)C(=O)Nc1ccc(-c2csc(Nc3cccc(C)c3)n2)cc1. The molecule has 2 aromatic carbocycles. The third-order valence-electron chi connectivity index (χ3n) is 4.99. The lowest BCUT2D eigenvalue weighted by atomic mass is 9.98. The molecule has 1 heterocycles. The Hall–Kier alpha value is -2.66. The summed E-state index contributed by atoms with van der Waals surface area (Å²) in [4.78, 5) is 17.2. The predicted molar refractivity (Wildman–Crippen MR) is 124 cm³/mol. The molecule has 0 aliphatic heterocycles. The first-order valence-electron chi connectivity index (χ1n) is 10.3. The molecular weight excluding hydrogens is 378 g/mol. The summed E-state index contributed by atoms with van der Waals surface area (Å²) in [6, 6.07) is 16.2. The Morgan fingerprint density at radius 3 is 2.59 bits per heavy atom. The summed E-state index contributed by atoms with van der Waals surface area (Å²) in [5.74, 6) is 0.204. The molecule has 0 aliphatic rings. The van der Waals surface area contributed by atoms with Crippen molar-refractivity contribution in [3.63, 3.8) is 0 Å². The molecule has 0 saturated carbocycles. The van der Waals surface area contributed by atoms with Crippen molar-refractivity contribution in [2.45, 2.75) is 46.5 Å². The molecule has 2 N–H and O–H groups in total. The molecule has 4 nitrogen and oxygen atoms in total. The topological polar surface area (TPSA) is 54.0 Å². The Labute approximate surface area is 177 Å². The first kappa shape index (κ1) is 21.1. The van der Waals surface area contributed by atoms with Gasteiger partial charge in [0.15, 0.2) is 5.13 Å². The highest BCUT2D eigenvalue weighted by Crippen LogP contribution is 2.28. The molecule has 0 aliphatic carbocycles. The molecule has 3 aromatic rings. The maximum atomic E-state index is 12.5. The molecule has 1 atom stereocenters. The molecule has 0 fully saturated rings. The van der Waals surface area contributed by atoms with Crippen molar-refractivity contribution in [2.24, 2.45) is 5.92 Å². The maximum Gasteiger partial charge on any atom is 0.227 e. The number of carbonyl (C=O) groups is 1. The van der Waals surface area contributed by atoms with E-state index in [0.29, 0.717) is 0 Å². The Balaban J connectivity index is 1.63. The van der Waals surface area contributed by atoms with Crippen molar-refractivity contribution in [3.8, 4) is 11.3 Å². The van der Waals surface area contributed by atoms with Crippen LogP contribution in [0.3, 0.4) is 0 Å². The van der Waals surface area contributed by atoms with Gasteiger partial charge in [-0.05, 0) is 49.6 Å². The Kier molecular flexibility index (Phi) is 7.42. The standard InChI is InChI=1S/C24H29N3OS/c1-4-6-9-18(5-2)23(28)25-20-13-11-19(12-14-20)22-16-29-24(27-22)26-21-10-7-8-17(3)15-21/h7-8,10-16,18H,4-6,9H2,1-3H3,(H,25,28)(H,26,27)/t18-/m0/s1. The maximum absolute atomic E-state index is 12.5. The van der Waals surface area contributed by atoms with E-state index in [1.165, 1.54) is 5.56 Å². The Morgan fingerprint density at radius 1 is 1.10 bits per heavy atom. The molecule has 0 radical (unpaired) electrons. The van der Waals surface area contributed by atoms with Crippen molar-refractivity contribution in [2.75, 3.05) is 10.6 Å². The van der Waals surface area contributed by atoms with Crippen LogP contribution < -0.4 is 10.6 Å². The van der Waals surface area contributed by atoms with Crippen LogP contribution >= 0.6 is 11.3 Å². The van der Waals surface area contributed by atoms with Gasteiger partial charge in [-0.3, -0.25) is 4.79 Å². The molecule has 5 heteroatoms. The third kappa shape index (κ3) is 5.91. The number of aryl methyl sites for hydroxylation is 1. The quantitative estimate of drug-likeness (QED) is 0.401. The van der Waals surface area contributed by atoms with Crippen molar-refractivity contribution >= 4 is 33.8 Å². The molecule has 1 aromatic heterocycles. The van der Waals surface area contributed by atoms with Crippen LogP contribution in [0.15, 0.2) is 53.9 Å². The van der Waals surface area contributed by atoms with Gasteiger partial charge in [0, 0.05) is 28.2 Å². The summed E-state index contributed by atoms with van der Waals surface area (Å²) in [6.07, 6.45) is 4.03. The minimum absolute atomic E-state index is 0.0865.